The van der Waals surface area contributed by atoms with E-state index in [1.807, 2.05) is 24.3 Å². The van der Waals surface area contributed by atoms with E-state index >= 15 is 0 Å². The Hall–Kier alpha value is -2.24. The van der Waals surface area contributed by atoms with Gasteiger partial charge in [-0.1, -0.05) is 12.1 Å². The molecule has 0 aliphatic rings. The Kier molecular flexibility index (Phi) is 3.13. The summed E-state index contributed by atoms with van der Waals surface area (Å²) in [5, 5.41) is 10.7. The monoisotopic (exact) mass is 235 g/mol. The zero-order chi connectivity index (χ0) is 12.3. The molecule has 0 bridgehead atoms. The Bertz CT molecular complexity index is 585. The average Bonchev–Trinajstić information content (AvgIpc) is 2.60. The van der Waals surface area contributed by atoms with Crippen LogP contribution in [0.1, 0.15) is 6.42 Å². The maximum absolute atomic E-state index is 11.6. The fraction of sp³-hybridized carbons (Fsp3) is 0.273. The first-order chi connectivity index (χ1) is 8.18. The van der Waals surface area contributed by atoms with Crippen LogP contribution in [0.4, 0.5) is 4.79 Å². The summed E-state index contributed by atoms with van der Waals surface area (Å²) in [4.78, 5) is 24.6. The first-order valence-corrected chi connectivity index (χ1v) is 5.33. The highest BCUT2D eigenvalue weighted by atomic mass is 16.4. The number of fused-ring (bicyclic) bond motifs is 1. The van der Waals surface area contributed by atoms with E-state index < -0.39 is 6.09 Å². The number of rotatable bonds is 4. The molecule has 0 radical (unpaired) electrons. The maximum Gasteiger partial charge on any atom is 0.404 e. The summed E-state index contributed by atoms with van der Waals surface area (Å²) in [5.41, 5.74) is 1.47. The van der Waals surface area contributed by atoms with Gasteiger partial charge in [0.1, 0.15) is 0 Å². The van der Waals surface area contributed by atoms with Crippen molar-refractivity contribution in [3.63, 3.8) is 0 Å². The minimum atomic E-state index is -1.05. The summed E-state index contributed by atoms with van der Waals surface area (Å²) in [5.74, 6) is 0. The van der Waals surface area contributed by atoms with Crippen molar-refractivity contribution in [3.8, 4) is 0 Å². The second-order valence-electron chi connectivity index (χ2n) is 3.68. The van der Waals surface area contributed by atoms with Crippen LogP contribution in [0.5, 0.6) is 0 Å². The van der Waals surface area contributed by atoms with Crippen LogP contribution >= 0.6 is 0 Å². The molecule has 1 aromatic heterocycles. The van der Waals surface area contributed by atoms with Crippen LogP contribution in [0.2, 0.25) is 0 Å². The largest absolute Gasteiger partial charge is 0.465 e. The summed E-state index contributed by atoms with van der Waals surface area (Å²) >= 11 is 0. The van der Waals surface area contributed by atoms with Gasteiger partial charge in [0, 0.05) is 13.1 Å². The standard InChI is InChI=1S/C11H13N3O3/c15-10-13-8-4-1-2-5-9(8)14(10)7-3-6-12-11(16)17/h1-2,4-5,12H,3,6-7H2,(H,13,15)(H,16,17). The average molecular weight is 235 g/mol. The molecule has 0 spiro atoms. The number of nitrogens with zero attached hydrogens (tertiary/aromatic N) is 1. The molecule has 6 nitrogen and oxygen atoms in total. The molecule has 2 aromatic rings. The lowest BCUT2D eigenvalue weighted by Gasteiger charge is -2.03. The van der Waals surface area contributed by atoms with Crippen LogP contribution in [-0.4, -0.2) is 27.3 Å². The molecule has 90 valence electrons. The molecule has 1 amide bonds. The zero-order valence-electron chi connectivity index (χ0n) is 9.14. The fourth-order valence-corrected chi connectivity index (χ4v) is 1.76. The Morgan fingerprint density at radius 2 is 2.18 bits per heavy atom. The van der Waals surface area contributed by atoms with Gasteiger partial charge in [-0.3, -0.25) is 4.57 Å². The van der Waals surface area contributed by atoms with Gasteiger partial charge < -0.3 is 15.4 Å². The Labute approximate surface area is 96.9 Å². The minimum absolute atomic E-state index is 0.165. The quantitative estimate of drug-likeness (QED) is 0.690. The van der Waals surface area contributed by atoms with E-state index in [2.05, 4.69) is 10.3 Å². The maximum atomic E-state index is 11.6. The molecular weight excluding hydrogens is 222 g/mol. The molecule has 0 atom stereocenters. The van der Waals surface area contributed by atoms with E-state index in [0.29, 0.717) is 19.5 Å². The molecule has 0 aliphatic carbocycles. The number of hydrogen-bond acceptors (Lipinski definition) is 2. The third kappa shape index (κ3) is 2.47. The zero-order valence-corrected chi connectivity index (χ0v) is 9.14. The smallest absolute Gasteiger partial charge is 0.404 e. The Balaban J connectivity index is 2.10. The van der Waals surface area contributed by atoms with Crippen molar-refractivity contribution in [3.05, 3.63) is 34.7 Å². The highest BCUT2D eigenvalue weighted by molar-refractivity contribution is 5.74. The number of aromatic amines is 1. The van der Waals surface area contributed by atoms with Gasteiger partial charge in [0.2, 0.25) is 0 Å². The number of carboxylic acid groups (broad SMARTS) is 1. The molecule has 0 fully saturated rings. The van der Waals surface area contributed by atoms with Crippen LogP contribution in [0, 0.1) is 0 Å². The number of aromatic nitrogens is 2. The van der Waals surface area contributed by atoms with Crippen molar-refractivity contribution in [1.82, 2.24) is 14.9 Å². The molecule has 3 N–H and O–H groups in total. The van der Waals surface area contributed by atoms with Gasteiger partial charge in [0.25, 0.3) is 0 Å². The summed E-state index contributed by atoms with van der Waals surface area (Å²) in [6, 6.07) is 7.41. The van der Waals surface area contributed by atoms with Gasteiger partial charge in [-0.15, -0.1) is 0 Å². The van der Waals surface area contributed by atoms with Gasteiger partial charge in [-0.25, -0.2) is 9.59 Å². The number of para-hydroxylation sites is 2. The van der Waals surface area contributed by atoms with Gasteiger partial charge in [0.15, 0.2) is 0 Å². The van der Waals surface area contributed by atoms with E-state index in [-0.39, 0.29) is 5.69 Å². The molecule has 1 heterocycles. The van der Waals surface area contributed by atoms with Crippen LogP contribution in [0.15, 0.2) is 29.1 Å². The van der Waals surface area contributed by atoms with E-state index in [4.69, 9.17) is 5.11 Å². The molecule has 6 heteroatoms. The topological polar surface area (TPSA) is 87.1 Å². The molecule has 0 unspecified atom stereocenters. The lowest BCUT2D eigenvalue weighted by molar-refractivity contribution is 0.194. The number of hydrogen-bond donors (Lipinski definition) is 3. The number of carbonyl (C=O) groups is 1. The van der Waals surface area contributed by atoms with Crippen LogP contribution in [0.3, 0.4) is 0 Å². The fourth-order valence-electron chi connectivity index (χ4n) is 1.76. The lowest BCUT2D eigenvalue weighted by atomic mass is 10.3. The van der Waals surface area contributed by atoms with Gasteiger partial charge in [0.05, 0.1) is 11.0 Å². The van der Waals surface area contributed by atoms with E-state index in [0.717, 1.165) is 11.0 Å². The van der Waals surface area contributed by atoms with E-state index in [1.165, 1.54) is 0 Å². The van der Waals surface area contributed by atoms with Crippen molar-refractivity contribution < 1.29 is 9.90 Å². The normalized spacial score (nSPS) is 10.6. The third-order valence-corrected chi connectivity index (χ3v) is 2.52. The highest BCUT2D eigenvalue weighted by Crippen LogP contribution is 2.08. The first-order valence-electron chi connectivity index (χ1n) is 5.33. The predicted molar refractivity (Wildman–Crippen MR) is 63.2 cm³/mol. The summed E-state index contributed by atoms with van der Waals surface area (Å²) < 4.78 is 1.61. The van der Waals surface area contributed by atoms with Crippen LogP contribution < -0.4 is 11.0 Å². The van der Waals surface area contributed by atoms with Gasteiger partial charge >= 0.3 is 11.8 Å². The number of benzene rings is 1. The van der Waals surface area contributed by atoms with E-state index in [9.17, 15) is 9.59 Å². The van der Waals surface area contributed by atoms with Crippen molar-refractivity contribution in [2.45, 2.75) is 13.0 Å². The molecule has 2 rings (SSSR count). The number of amides is 1. The number of nitrogens with one attached hydrogen (secondary N) is 2. The van der Waals surface area contributed by atoms with Crippen molar-refractivity contribution in [2.24, 2.45) is 0 Å². The lowest BCUT2D eigenvalue weighted by Crippen LogP contribution is -2.24. The predicted octanol–water partition coefficient (Wildman–Crippen LogP) is 0.987. The van der Waals surface area contributed by atoms with Crippen molar-refractivity contribution >= 4 is 17.1 Å². The molecular formula is C11H13N3O3. The number of imidazole rings is 1. The second-order valence-corrected chi connectivity index (χ2v) is 3.68. The number of H-pyrrole nitrogens is 1. The van der Waals surface area contributed by atoms with E-state index in [1.54, 1.807) is 4.57 Å². The van der Waals surface area contributed by atoms with Crippen LogP contribution in [0.25, 0.3) is 11.0 Å². The summed E-state index contributed by atoms with van der Waals surface area (Å²) in [7, 11) is 0. The highest BCUT2D eigenvalue weighted by Gasteiger charge is 2.05. The molecule has 1 aromatic carbocycles. The second kappa shape index (κ2) is 4.73. The SMILES string of the molecule is O=C(O)NCCCn1c(=O)[nH]c2ccccc21. The molecule has 0 saturated carbocycles. The van der Waals surface area contributed by atoms with Gasteiger partial charge in [-0.05, 0) is 18.6 Å². The van der Waals surface area contributed by atoms with Crippen molar-refractivity contribution in [1.29, 1.82) is 0 Å². The summed E-state index contributed by atoms with van der Waals surface area (Å²) in [6.07, 6.45) is -0.468. The Morgan fingerprint density at radius 1 is 1.41 bits per heavy atom. The minimum Gasteiger partial charge on any atom is -0.465 e. The molecule has 0 saturated heterocycles. The third-order valence-electron chi connectivity index (χ3n) is 2.52. The molecule has 17 heavy (non-hydrogen) atoms. The molecule has 0 aliphatic heterocycles. The summed E-state index contributed by atoms with van der Waals surface area (Å²) in [6.45, 7) is 0.824. The first kappa shape index (κ1) is 11.3. The van der Waals surface area contributed by atoms with Gasteiger partial charge in [-0.2, -0.15) is 0 Å². The van der Waals surface area contributed by atoms with Crippen LogP contribution in [-0.2, 0) is 6.54 Å². The number of aryl methyl sites for hydroxylation is 1. The Morgan fingerprint density at radius 3 is 2.94 bits per heavy atom. The van der Waals surface area contributed by atoms with Crippen molar-refractivity contribution in [2.75, 3.05) is 6.54 Å².